The average molecular weight is 276 g/mol. The van der Waals surface area contributed by atoms with Crippen molar-refractivity contribution in [2.45, 2.75) is 12.5 Å². The van der Waals surface area contributed by atoms with E-state index in [0.717, 1.165) is 0 Å². The van der Waals surface area contributed by atoms with Crippen molar-refractivity contribution in [3.63, 3.8) is 0 Å². The molecular weight excluding hydrogens is 265 g/mol. The summed E-state index contributed by atoms with van der Waals surface area (Å²) in [4.78, 5) is 11.1. The summed E-state index contributed by atoms with van der Waals surface area (Å²) < 4.78 is 13.3. The van der Waals surface area contributed by atoms with Crippen LogP contribution in [0.1, 0.15) is 12.5 Å². The van der Waals surface area contributed by atoms with Gasteiger partial charge < -0.3 is 10.4 Å². The summed E-state index contributed by atoms with van der Waals surface area (Å²) in [5, 5.41) is 11.8. The SMILES string of the molecule is CNC(C)(C(=O)O)c1ccc(F)cc1Br. The summed E-state index contributed by atoms with van der Waals surface area (Å²) in [6.45, 7) is 1.52. The third-order valence-corrected chi connectivity index (χ3v) is 3.05. The number of carboxylic acid groups (broad SMARTS) is 1. The number of carbonyl (C=O) groups is 1. The second-order valence-electron chi connectivity index (χ2n) is 3.30. The van der Waals surface area contributed by atoms with Gasteiger partial charge in [-0.3, -0.25) is 0 Å². The summed E-state index contributed by atoms with van der Waals surface area (Å²) >= 11 is 3.15. The molecule has 0 aliphatic rings. The fraction of sp³-hybridized carbons (Fsp3) is 0.300. The number of halogens is 2. The minimum atomic E-state index is -1.23. The highest BCUT2D eigenvalue weighted by atomic mass is 79.9. The van der Waals surface area contributed by atoms with E-state index in [0.29, 0.717) is 10.0 Å². The fourth-order valence-electron chi connectivity index (χ4n) is 1.25. The van der Waals surface area contributed by atoms with Crippen LogP contribution in [0, 0.1) is 5.82 Å². The number of hydrogen-bond donors (Lipinski definition) is 2. The number of aliphatic carboxylic acids is 1. The van der Waals surface area contributed by atoms with E-state index in [1.54, 1.807) is 7.05 Å². The van der Waals surface area contributed by atoms with Crippen LogP contribution < -0.4 is 5.32 Å². The predicted molar refractivity (Wildman–Crippen MR) is 58.1 cm³/mol. The first-order valence-electron chi connectivity index (χ1n) is 4.29. The van der Waals surface area contributed by atoms with Gasteiger partial charge in [0.15, 0.2) is 0 Å². The van der Waals surface area contributed by atoms with Crippen molar-refractivity contribution in [3.8, 4) is 0 Å². The van der Waals surface area contributed by atoms with Gasteiger partial charge in [0, 0.05) is 4.47 Å². The molecule has 0 amide bonds. The second kappa shape index (κ2) is 4.28. The summed E-state index contributed by atoms with van der Waals surface area (Å²) in [7, 11) is 1.55. The van der Waals surface area contributed by atoms with Crippen LogP contribution >= 0.6 is 15.9 Å². The van der Waals surface area contributed by atoms with Crippen molar-refractivity contribution in [2.24, 2.45) is 0 Å². The average Bonchev–Trinajstić information content (AvgIpc) is 2.16. The molecule has 0 aromatic heterocycles. The van der Waals surface area contributed by atoms with Crippen LogP contribution in [0.2, 0.25) is 0 Å². The van der Waals surface area contributed by atoms with Crippen molar-refractivity contribution in [1.82, 2.24) is 5.32 Å². The zero-order valence-electron chi connectivity index (χ0n) is 8.34. The van der Waals surface area contributed by atoms with E-state index < -0.39 is 17.3 Å². The molecule has 0 heterocycles. The van der Waals surface area contributed by atoms with Crippen LogP contribution in [-0.4, -0.2) is 18.1 Å². The summed E-state index contributed by atoms with van der Waals surface area (Å²) in [5.41, 5.74) is -0.745. The highest BCUT2D eigenvalue weighted by molar-refractivity contribution is 9.10. The lowest BCUT2D eigenvalue weighted by atomic mass is 9.92. The van der Waals surface area contributed by atoms with Gasteiger partial charge in [-0.25, -0.2) is 9.18 Å². The van der Waals surface area contributed by atoms with Crippen LogP contribution in [0.4, 0.5) is 4.39 Å². The van der Waals surface area contributed by atoms with E-state index in [1.807, 2.05) is 0 Å². The number of carboxylic acids is 1. The Hall–Kier alpha value is -0.940. The lowest BCUT2D eigenvalue weighted by Crippen LogP contribution is -2.44. The molecule has 82 valence electrons. The van der Waals surface area contributed by atoms with E-state index in [2.05, 4.69) is 21.2 Å². The topological polar surface area (TPSA) is 49.3 Å². The van der Waals surface area contributed by atoms with Gasteiger partial charge in [0.25, 0.3) is 0 Å². The number of nitrogens with one attached hydrogen (secondary N) is 1. The molecule has 1 aromatic rings. The Balaban J connectivity index is 3.30. The molecule has 1 aromatic carbocycles. The van der Waals surface area contributed by atoms with E-state index in [1.165, 1.54) is 25.1 Å². The van der Waals surface area contributed by atoms with Crippen LogP contribution in [0.3, 0.4) is 0 Å². The fourth-order valence-corrected chi connectivity index (χ4v) is 2.00. The Bertz CT molecular complexity index is 397. The van der Waals surface area contributed by atoms with E-state index in [-0.39, 0.29) is 0 Å². The molecule has 0 aliphatic heterocycles. The number of benzene rings is 1. The number of likely N-dealkylation sites (N-methyl/N-ethyl adjacent to an activating group) is 1. The number of hydrogen-bond acceptors (Lipinski definition) is 2. The molecule has 0 saturated carbocycles. The Kier molecular flexibility index (Phi) is 3.46. The Labute approximate surface area is 95.4 Å². The standard InChI is InChI=1S/C10H11BrFNO2/c1-10(13-2,9(14)15)7-4-3-6(12)5-8(7)11/h3-5,13H,1-2H3,(H,14,15). The maximum atomic E-state index is 12.8. The first kappa shape index (κ1) is 12.1. The Morgan fingerprint density at radius 1 is 1.60 bits per heavy atom. The molecule has 0 bridgehead atoms. The molecule has 0 aliphatic carbocycles. The maximum Gasteiger partial charge on any atom is 0.328 e. The van der Waals surface area contributed by atoms with Crippen molar-refractivity contribution < 1.29 is 14.3 Å². The molecule has 3 nitrogen and oxygen atoms in total. The molecule has 1 atom stereocenters. The van der Waals surface area contributed by atoms with E-state index in [9.17, 15) is 9.18 Å². The van der Waals surface area contributed by atoms with Crippen LogP contribution in [0.25, 0.3) is 0 Å². The first-order valence-corrected chi connectivity index (χ1v) is 5.09. The van der Waals surface area contributed by atoms with Crippen LogP contribution in [-0.2, 0) is 10.3 Å². The van der Waals surface area contributed by atoms with Crippen LogP contribution in [0.5, 0.6) is 0 Å². The second-order valence-corrected chi connectivity index (χ2v) is 4.16. The quantitative estimate of drug-likeness (QED) is 0.889. The van der Waals surface area contributed by atoms with Gasteiger partial charge in [0.2, 0.25) is 0 Å². The van der Waals surface area contributed by atoms with Gasteiger partial charge >= 0.3 is 5.97 Å². The van der Waals surface area contributed by atoms with Gasteiger partial charge in [-0.2, -0.15) is 0 Å². The van der Waals surface area contributed by atoms with Gasteiger partial charge in [-0.15, -0.1) is 0 Å². The minimum absolute atomic E-state index is 0.408. The zero-order valence-corrected chi connectivity index (χ0v) is 9.93. The first-order chi connectivity index (χ1) is 6.91. The zero-order chi connectivity index (χ0) is 11.6. The Morgan fingerprint density at radius 3 is 2.60 bits per heavy atom. The number of rotatable bonds is 3. The van der Waals surface area contributed by atoms with Crippen molar-refractivity contribution in [1.29, 1.82) is 0 Å². The lowest BCUT2D eigenvalue weighted by molar-refractivity contribution is -0.144. The third kappa shape index (κ3) is 2.18. The highest BCUT2D eigenvalue weighted by Crippen LogP contribution is 2.28. The summed E-state index contributed by atoms with van der Waals surface area (Å²) in [6.07, 6.45) is 0. The summed E-state index contributed by atoms with van der Waals surface area (Å²) in [6, 6.07) is 3.93. The molecule has 15 heavy (non-hydrogen) atoms. The molecule has 1 unspecified atom stereocenters. The highest BCUT2D eigenvalue weighted by Gasteiger charge is 2.35. The molecule has 2 N–H and O–H groups in total. The van der Waals surface area contributed by atoms with Gasteiger partial charge in [0.05, 0.1) is 0 Å². The largest absolute Gasteiger partial charge is 0.480 e. The van der Waals surface area contributed by atoms with Gasteiger partial charge in [-0.05, 0) is 31.7 Å². The summed E-state index contributed by atoms with van der Waals surface area (Å²) in [5.74, 6) is -1.42. The minimum Gasteiger partial charge on any atom is -0.480 e. The normalized spacial score (nSPS) is 14.7. The lowest BCUT2D eigenvalue weighted by Gasteiger charge is -2.25. The molecular formula is C10H11BrFNO2. The van der Waals surface area contributed by atoms with Crippen molar-refractivity contribution >= 4 is 21.9 Å². The molecule has 5 heteroatoms. The Morgan fingerprint density at radius 2 is 2.20 bits per heavy atom. The maximum absolute atomic E-state index is 12.8. The van der Waals surface area contributed by atoms with Gasteiger partial charge in [-0.1, -0.05) is 22.0 Å². The van der Waals surface area contributed by atoms with E-state index in [4.69, 9.17) is 5.11 Å². The molecule has 1 rings (SSSR count). The van der Waals surface area contributed by atoms with Crippen LogP contribution in [0.15, 0.2) is 22.7 Å². The predicted octanol–water partition coefficient (Wildman–Crippen LogP) is 2.11. The third-order valence-electron chi connectivity index (χ3n) is 2.40. The van der Waals surface area contributed by atoms with E-state index >= 15 is 0 Å². The molecule has 0 fully saturated rings. The molecule has 0 spiro atoms. The van der Waals surface area contributed by atoms with Crippen molar-refractivity contribution in [2.75, 3.05) is 7.05 Å². The van der Waals surface area contributed by atoms with Crippen molar-refractivity contribution in [3.05, 3.63) is 34.1 Å². The molecule has 0 saturated heterocycles. The smallest absolute Gasteiger partial charge is 0.328 e. The van der Waals surface area contributed by atoms with Gasteiger partial charge in [0.1, 0.15) is 11.4 Å². The molecule has 0 radical (unpaired) electrons. The monoisotopic (exact) mass is 275 g/mol.